The number of methoxy groups -OCH3 is 1. The van der Waals surface area contributed by atoms with E-state index in [0.29, 0.717) is 23.2 Å². The number of carbonyl (C=O) groups is 1. The highest BCUT2D eigenvalue weighted by atomic mass is 16.5. The van der Waals surface area contributed by atoms with Gasteiger partial charge in [-0.3, -0.25) is 4.79 Å². The van der Waals surface area contributed by atoms with E-state index in [1.807, 2.05) is 12.1 Å². The van der Waals surface area contributed by atoms with Crippen LogP contribution in [0.4, 0.5) is 0 Å². The molecular formula is C15H14N2O3. The molecule has 0 spiro atoms. The van der Waals surface area contributed by atoms with Crippen LogP contribution in [0.2, 0.25) is 0 Å². The van der Waals surface area contributed by atoms with Crippen molar-refractivity contribution in [1.82, 2.24) is 9.97 Å². The Morgan fingerprint density at radius 2 is 1.95 bits per heavy atom. The molecule has 20 heavy (non-hydrogen) atoms. The molecule has 0 unspecified atom stereocenters. The minimum Gasteiger partial charge on any atom is -0.490 e. The van der Waals surface area contributed by atoms with Crippen LogP contribution >= 0.6 is 0 Å². The molecule has 1 aliphatic rings. The topological polar surface area (TPSA) is 61.3 Å². The minimum absolute atomic E-state index is 0.163. The third-order valence-corrected chi connectivity index (χ3v) is 3.03. The first kappa shape index (κ1) is 12.6. The van der Waals surface area contributed by atoms with E-state index in [4.69, 9.17) is 9.47 Å². The highest BCUT2D eigenvalue weighted by molar-refractivity contribution is 6.07. The molecule has 0 amide bonds. The van der Waals surface area contributed by atoms with Crippen molar-refractivity contribution in [2.45, 2.75) is 18.9 Å². The van der Waals surface area contributed by atoms with E-state index in [1.165, 1.54) is 19.5 Å². The van der Waals surface area contributed by atoms with Crippen LogP contribution in [-0.4, -0.2) is 29.0 Å². The van der Waals surface area contributed by atoms with Gasteiger partial charge in [0, 0.05) is 11.6 Å². The Bertz CT molecular complexity index is 621. The first-order valence-electron chi connectivity index (χ1n) is 6.44. The van der Waals surface area contributed by atoms with Crippen LogP contribution in [0.15, 0.2) is 36.7 Å². The molecule has 0 aliphatic heterocycles. The fourth-order valence-electron chi connectivity index (χ4n) is 1.79. The van der Waals surface area contributed by atoms with Crippen LogP contribution in [0.1, 0.15) is 28.9 Å². The van der Waals surface area contributed by atoms with Gasteiger partial charge in [0.15, 0.2) is 0 Å². The molecule has 1 saturated carbocycles. The minimum atomic E-state index is -0.163. The van der Waals surface area contributed by atoms with Gasteiger partial charge < -0.3 is 9.47 Å². The zero-order valence-corrected chi connectivity index (χ0v) is 11.1. The zero-order chi connectivity index (χ0) is 13.9. The molecule has 0 atom stereocenters. The van der Waals surface area contributed by atoms with Crippen molar-refractivity contribution in [3.8, 4) is 11.6 Å². The summed E-state index contributed by atoms with van der Waals surface area (Å²) in [5.41, 5.74) is 0.876. The molecule has 2 aromatic rings. The molecule has 1 aromatic carbocycles. The summed E-state index contributed by atoms with van der Waals surface area (Å²) in [6.45, 7) is 0. The van der Waals surface area contributed by atoms with Crippen LogP contribution in [0.5, 0.6) is 11.6 Å². The van der Waals surface area contributed by atoms with Crippen LogP contribution in [-0.2, 0) is 0 Å². The summed E-state index contributed by atoms with van der Waals surface area (Å²) in [6, 6.07) is 8.63. The van der Waals surface area contributed by atoms with E-state index in [0.717, 1.165) is 18.6 Å². The van der Waals surface area contributed by atoms with E-state index < -0.39 is 0 Å². The number of hydrogen-bond donors (Lipinski definition) is 0. The number of rotatable bonds is 5. The number of benzene rings is 1. The number of hydrogen-bond acceptors (Lipinski definition) is 5. The van der Waals surface area contributed by atoms with E-state index >= 15 is 0 Å². The van der Waals surface area contributed by atoms with Gasteiger partial charge in [0.05, 0.1) is 13.2 Å². The Labute approximate surface area is 116 Å². The Morgan fingerprint density at radius 1 is 1.20 bits per heavy atom. The van der Waals surface area contributed by atoms with Crippen molar-refractivity contribution in [3.05, 3.63) is 47.9 Å². The largest absolute Gasteiger partial charge is 0.490 e. The van der Waals surface area contributed by atoms with Crippen molar-refractivity contribution in [2.24, 2.45) is 0 Å². The first-order valence-corrected chi connectivity index (χ1v) is 6.44. The van der Waals surface area contributed by atoms with Gasteiger partial charge >= 0.3 is 0 Å². The van der Waals surface area contributed by atoms with Crippen molar-refractivity contribution in [3.63, 3.8) is 0 Å². The summed E-state index contributed by atoms with van der Waals surface area (Å²) >= 11 is 0. The van der Waals surface area contributed by atoms with Crippen molar-refractivity contribution in [1.29, 1.82) is 0 Å². The fourth-order valence-corrected chi connectivity index (χ4v) is 1.79. The van der Waals surface area contributed by atoms with Gasteiger partial charge in [0.2, 0.25) is 11.7 Å². The lowest BCUT2D eigenvalue weighted by Gasteiger charge is -2.05. The lowest BCUT2D eigenvalue weighted by atomic mass is 10.1. The summed E-state index contributed by atoms with van der Waals surface area (Å²) in [5.74, 6) is 1.00. The molecule has 1 aliphatic carbocycles. The molecule has 3 rings (SSSR count). The lowest BCUT2D eigenvalue weighted by Crippen LogP contribution is -2.05. The first-order chi connectivity index (χ1) is 9.76. The predicted octanol–water partition coefficient (Wildman–Crippen LogP) is 2.26. The SMILES string of the molecule is COc1cc(C(=O)c2ccc(OC3CC3)cc2)ncn1. The molecule has 0 radical (unpaired) electrons. The maximum Gasteiger partial charge on any atom is 0.216 e. The Balaban J connectivity index is 1.78. The second kappa shape index (κ2) is 5.28. The van der Waals surface area contributed by atoms with Crippen molar-refractivity contribution >= 4 is 5.78 Å². The van der Waals surface area contributed by atoms with Crippen LogP contribution < -0.4 is 9.47 Å². The van der Waals surface area contributed by atoms with Gasteiger partial charge in [0.1, 0.15) is 17.8 Å². The standard InChI is InChI=1S/C15H14N2O3/c1-19-14-8-13(16-9-17-14)15(18)10-2-4-11(5-3-10)20-12-6-7-12/h2-5,8-9,12H,6-7H2,1H3. The van der Waals surface area contributed by atoms with Crippen LogP contribution in [0.25, 0.3) is 0 Å². The maximum absolute atomic E-state index is 12.3. The van der Waals surface area contributed by atoms with Gasteiger partial charge in [-0.15, -0.1) is 0 Å². The second-order valence-corrected chi connectivity index (χ2v) is 4.62. The molecule has 0 bridgehead atoms. The van der Waals surface area contributed by atoms with Gasteiger partial charge in [-0.25, -0.2) is 9.97 Å². The van der Waals surface area contributed by atoms with Gasteiger partial charge in [-0.2, -0.15) is 0 Å². The molecule has 0 saturated heterocycles. The van der Waals surface area contributed by atoms with Crippen molar-refractivity contribution < 1.29 is 14.3 Å². The summed E-state index contributed by atoms with van der Waals surface area (Å²) in [5, 5.41) is 0. The van der Waals surface area contributed by atoms with Crippen LogP contribution in [0, 0.1) is 0 Å². The molecule has 1 heterocycles. The fraction of sp³-hybridized carbons (Fsp3) is 0.267. The van der Waals surface area contributed by atoms with E-state index in [2.05, 4.69) is 9.97 Å². The monoisotopic (exact) mass is 270 g/mol. The third kappa shape index (κ3) is 2.77. The summed E-state index contributed by atoms with van der Waals surface area (Å²) in [4.78, 5) is 20.1. The quantitative estimate of drug-likeness (QED) is 0.780. The summed E-state index contributed by atoms with van der Waals surface area (Å²) in [6.07, 6.45) is 3.89. The molecule has 0 N–H and O–H groups in total. The average molecular weight is 270 g/mol. The third-order valence-electron chi connectivity index (χ3n) is 3.03. The van der Waals surface area contributed by atoms with Gasteiger partial charge in [-0.1, -0.05) is 0 Å². The Morgan fingerprint density at radius 3 is 2.60 bits per heavy atom. The number of carbonyl (C=O) groups excluding carboxylic acids is 1. The molecule has 5 nitrogen and oxygen atoms in total. The smallest absolute Gasteiger partial charge is 0.216 e. The van der Waals surface area contributed by atoms with Crippen LogP contribution in [0.3, 0.4) is 0 Å². The van der Waals surface area contributed by atoms with E-state index in [1.54, 1.807) is 12.1 Å². The molecule has 102 valence electrons. The number of nitrogens with zero attached hydrogens (tertiary/aromatic N) is 2. The summed E-state index contributed by atoms with van der Waals surface area (Å²) < 4.78 is 10.6. The molecule has 5 heteroatoms. The summed E-state index contributed by atoms with van der Waals surface area (Å²) in [7, 11) is 1.50. The second-order valence-electron chi connectivity index (χ2n) is 4.62. The number of ether oxygens (including phenoxy) is 2. The normalized spacial score (nSPS) is 13.8. The molecule has 1 fully saturated rings. The lowest BCUT2D eigenvalue weighted by molar-refractivity contribution is 0.103. The number of aromatic nitrogens is 2. The van der Waals surface area contributed by atoms with Gasteiger partial charge in [-0.05, 0) is 37.1 Å². The Hall–Kier alpha value is -2.43. The maximum atomic E-state index is 12.3. The molecular weight excluding hydrogens is 256 g/mol. The van der Waals surface area contributed by atoms with Gasteiger partial charge in [0.25, 0.3) is 0 Å². The zero-order valence-electron chi connectivity index (χ0n) is 11.1. The van der Waals surface area contributed by atoms with E-state index in [-0.39, 0.29) is 5.78 Å². The molecule has 1 aromatic heterocycles. The predicted molar refractivity (Wildman–Crippen MR) is 72.1 cm³/mol. The average Bonchev–Trinajstić information content (AvgIpc) is 3.31. The Kier molecular flexibility index (Phi) is 3.33. The highest BCUT2D eigenvalue weighted by Crippen LogP contribution is 2.27. The van der Waals surface area contributed by atoms with Crippen molar-refractivity contribution in [2.75, 3.05) is 7.11 Å². The van der Waals surface area contributed by atoms with E-state index in [9.17, 15) is 4.79 Å². The highest BCUT2D eigenvalue weighted by Gasteiger charge is 2.23. The number of ketones is 1.